The van der Waals surface area contributed by atoms with Gasteiger partial charge in [-0.1, -0.05) is 54.9 Å². The predicted molar refractivity (Wildman–Crippen MR) is 158 cm³/mol. The van der Waals surface area contributed by atoms with Gasteiger partial charge in [0.1, 0.15) is 18.3 Å². The highest BCUT2D eigenvalue weighted by atomic mass is 35.5. The fraction of sp³-hybridized carbons (Fsp3) is 0.333. The Balaban J connectivity index is 2.06. The molecular formula is C30H36ClN3O5S. The lowest BCUT2D eigenvalue weighted by molar-refractivity contribution is -0.139. The molecule has 2 amide bonds. The molecule has 0 aliphatic heterocycles. The highest BCUT2D eigenvalue weighted by molar-refractivity contribution is 7.92. The van der Waals surface area contributed by atoms with Gasteiger partial charge in [-0.25, -0.2) is 8.42 Å². The fourth-order valence-electron chi connectivity index (χ4n) is 4.10. The number of nitrogens with one attached hydrogen (secondary N) is 1. The lowest BCUT2D eigenvalue weighted by Crippen LogP contribution is -2.52. The molecule has 0 spiro atoms. The molecule has 0 heterocycles. The lowest BCUT2D eigenvalue weighted by Gasteiger charge is -2.33. The van der Waals surface area contributed by atoms with Gasteiger partial charge in [-0.3, -0.25) is 13.9 Å². The van der Waals surface area contributed by atoms with Crippen LogP contribution in [0.15, 0.2) is 77.7 Å². The normalized spacial score (nSPS) is 12.8. The number of hydrogen-bond donors (Lipinski definition) is 1. The van der Waals surface area contributed by atoms with Crippen LogP contribution in [0.4, 0.5) is 5.69 Å². The van der Waals surface area contributed by atoms with Crippen LogP contribution in [0.3, 0.4) is 0 Å². The van der Waals surface area contributed by atoms with Gasteiger partial charge >= 0.3 is 0 Å². The first-order valence-corrected chi connectivity index (χ1v) is 14.9. The number of benzene rings is 3. The summed E-state index contributed by atoms with van der Waals surface area (Å²) >= 11 is 6.26. The van der Waals surface area contributed by atoms with Crippen molar-refractivity contribution in [2.45, 2.75) is 57.6 Å². The number of ether oxygens (including phenoxy) is 1. The summed E-state index contributed by atoms with van der Waals surface area (Å²) in [7, 11) is -2.62. The molecule has 0 aromatic heterocycles. The van der Waals surface area contributed by atoms with Gasteiger partial charge in [-0.15, -0.1) is 0 Å². The molecule has 0 bridgehead atoms. The molecule has 2 atom stereocenters. The Labute approximate surface area is 241 Å². The van der Waals surface area contributed by atoms with Crippen molar-refractivity contribution in [2.24, 2.45) is 0 Å². The van der Waals surface area contributed by atoms with Gasteiger partial charge in [0.2, 0.25) is 11.8 Å². The van der Waals surface area contributed by atoms with Crippen LogP contribution in [0.25, 0.3) is 0 Å². The number of sulfonamides is 1. The second-order valence-corrected chi connectivity index (χ2v) is 11.9. The van der Waals surface area contributed by atoms with Crippen LogP contribution in [0, 0.1) is 6.92 Å². The van der Waals surface area contributed by atoms with Crippen LogP contribution < -0.4 is 14.4 Å². The van der Waals surface area contributed by atoms with E-state index in [9.17, 15) is 18.0 Å². The van der Waals surface area contributed by atoms with E-state index in [4.69, 9.17) is 16.3 Å². The smallest absolute Gasteiger partial charge is 0.264 e. The Morgan fingerprint density at radius 3 is 2.35 bits per heavy atom. The molecule has 214 valence electrons. The minimum atomic E-state index is -4.17. The summed E-state index contributed by atoms with van der Waals surface area (Å²) in [4.78, 5) is 28.6. The quantitative estimate of drug-likeness (QED) is 0.316. The van der Waals surface area contributed by atoms with Crippen LogP contribution in [0.2, 0.25) is 5.02 Å². The molecule has 0 radical (unpaired) electrons. The highest BCUT2D eigenvalue weighted by Crippen LogP contribution is 2.30. The van der Waals surface area contributed by atoms with Crippen LogP contribution in [0.5, 0.6) is 5.75 Å². The maximum absolute atomic E-state index is 14.0. The van der Waals surface area contributed by atoms with Crippen molar-refractivity contribution in [3.63, 3.8) is 0 Å². The second kappa shape index (κ2) is 13.7. The fourth-order valence-corrected chi connectivity index (χ4v) is 5.76. The van der Waals surface area contributed by atoms with Crippen LogP contribution in [-0.4, -0.2) is 50.9 Å². The third kappa shape index (κ3) is 7.55. The molecule has 3 rings (SSSR count). The molecule has 40 heavy (non-hydrogen) atoms. The van der Waals surface area contributed by atoms with E-state index in [-0.39, 0.29) is 29.1 Å². The van der Waals surface area contributed by atoms with Crippen molar-refractivity contribution in [3.8, 4) is 5.75 Å². The first-order valence-electron chi connectivity index (χ1n) is 13.0. The highest BCUT2D eigenvalue weighted by Gasteiger charge is 2.33. The maximum Gasteiger partial charge on any atom is 0.264 e. The predicted octanol–water partition coefficient (Wildman–Crippen LogP) is 5.18. The number of amides is 2. The number of anilines is 1. The molecular weight excluding hydrogens is 550 g/mol. The Morgan fingerprint density at radius 2 is 1.70 bits per heavy atom. The zero-order valence-corrected chi connectivity index (χ0v) is 25.0. The molecule has 0 saturated carbocycles. The largest absolute Gasteiger partial charge is 0.497 e. The number of nitrogens with zero attached hydrogens (tertiary/aromatic N) is 2. The van der Waals surface area contributed by atoms with E-state index in [0.29, 0.717) is 16.3 Å². The number of carbonyl (C=O) groups is 2. The van der Waals surface area contributed by atoms with E-state index in [0.717, 1.165) is 16.3 Å². The summed E-state index contributed by atoms with van der Waals surface area (Å²) in [6.07, 6.45) is 0.722. The number of methoxy groups -OCH3 is 1. The number of carbonyl (C=O) groups excluding carboxylic acids is 2. The first kappa shape index (κ1) is 31.0. The van der Waals surface area contributed by atoms with E-state index >= 15 is 0 Å². The Bertz CT molecular complexity index is 1430. The average Bonchev–Trinajstić information content (AvgIpc) is 2.95. The van der Waals surface area contributed by atoms with E-state index in [1.165, 1.54) is 23.1 Å². The molecule has 0 unspecified atom stereocenters. The number of hydrogen-bond acceptors (Lipinski definition) is 5. The molecule has 0 aliphatic rings. The standard InChI is InChI=1S/C30H36ClN3O5S/c1-6-22(3)32-30(36)23(4)33(19-24-11-10-12-26(17-24)39-5)29(35)20-34(28-18-25(31)16-15-21(28)2)40(37,38)27-13-8-7-9-14-27/h7-18,22-23H,6,19-20H2,1-5H3,(H,32,36)/t22-,23+/m0/s1. The molecule has 3 aromatic rings. The molecule has 10 heteroatoms. The Morgan fingerprint density at radius 1 is 1.00 bits per heavy atom. The number of halogens is 1. The summed E-state index contributed by atoms with van der Waals surface area (Å²) in [5, 5.41) is 3.25. The average molecular weight is 586 g/mol. The third-order valence-electron chi connectivity index (χ3n) is 6.71. The van der Waals surface area contributed by atoms with Crippen LogP contribution in [-0.2, 0) is 26.2 Å². The van der Waals surface area contributed by atoms with Crippen LogP contribution in [0.1, 0.15) is 38.3 Å². The van der Waals surface area contributed by atoms with Crippen molar-refractivity contribution in [2.75, 3.05) is 18.0 Å². The van der Waals surface area contributed by atoms with Crippen molar-refractivity contribution in [1.29, 1.82) is 0 Å². The van der Waals surface area contributed by atoms with Gasteiger partial charge < -0.3 is 15.0 Å². The van der Waals surface area contributed by atoms with E-state index < -0.39 is 28.5 Å². The minimum Gasteiger partial charge on any atom is -0.497 e. The molecule has 0 fully saturated rings. The SMILES string of the molecule is CC[C@H](C)NC(=O)[C@@H](C)N(Cc1cccc(OC)c1)C(=O)CN(c1cc(Cl)ccc1C)S(=O)(=O)c1ccccc1. The Kier molecular flexibility index (Phi) is 10.6. The zero-order chi connectivity index (χ0) is 29.4. The lowest BCUT2D eigenvalue weighted by atomic mass is 10.1. The first-order chi connectivity index (χ1) is 19.0. The van der Waals surface area contributed by atoms with Crippen molar-refractivity contribution in [3.05, 3.63) is 88.9 Å². The minimum absolute atomic E-state index is 0.0316. The molecule has 8 nitrogen and oxygen atoms in total. The van der Waals surface area contributed by atoms with E-state index in [1.807, 2.05) is 19.9 Å². The van der Waals surface area contributed by atoms with Gasteiger partial charge in [0.25, 0.3) is 10.0 Å². The van der Waals surface area contributed by atoms with Gasteiger partial charge in [-0.05, 0) is 74.7 Å². The number of aryl methyl sites for hydroxylation is 1. The van der Waals surface area contributed by atoms with E-state index in [2.05, 4.69) is 5.32 Å². The summed E-state index contributed by atoms with van der Waals surface area (Å²) in [6.45, 7) is 6.75. The topological polar surface area (TPSA) is 96.0 Å². The summed E-state index contributed by atoms with van der Waals surface area (Å²) in [5.41, 5.74) is 1.63. The van der Waals surface area contributed by atoms with Gasteiger partial charge in [0.05, 0.1) is 17.7 Å². The van der Waals surface area contributed by atoms with Gasteiger partial charge in [0, 0.05) is 17.6 Å². The van der Waals surface area contributed by atoms with E-state index in [1.54, 1.807) is 69.5 Å². The van der Waals surface area contributed by atoms with Gasteiger partial charge in [-0.2, -0.15) is 0 Å². The molecule has 0 saturated heterocycles. The monoisotopic (exact) mass is 585 g/mol. The van der Waals surface area contributed by atoms with Crippen molar-refractivity contribution < 1.29 is 22.7 Å². The van der Waals surface area contributed by atoms with Crippen LogP contribution >= 0.6 is 11.6 Å². The zero-order valence-electron chi connectivity index (χ0n) is 23.4. The Hall–Kier alpha value is -3.56. The molecule has 0 aliphatic carbocycles. The molecule has 3 aromatic carbocycles. The maximum atomic E-state index is 14.0. The van der Waals surface area contributed by atoms with Crippen molar-refractivity contribution >= 4 is 39.1 Å². The summed E-state index contributed by atoms with van der Waals surface area (Å²) < 4.78 is 34.2. The summed E-state index contributed by atoms with van der Waals surface area (Å²) in [5.74, 6) is -0.278. The second-order valence-electron chi connectivity index (χ2n) is 9.62. The third-order valence-corrected chi connectivity index (χ3v) is 8.71. The number of rotatable bonds is 12. The van der Waals surface area contributed by atoms with Crippen molar-refractivity contribution in [1.82, 2.24) is 10.2 Å². The summed E-state index contributed by atoms with van der Waals surface area (Å²) in [6, 6.07) is 19.0. The van der Waals surface area contributed by atoms with Gasteiger partial charge in [0.15, 0.2) is 0 Å². The molecule has 1 N–H and O–H groups in total.